The van der Waals surface area contributed by atoms with E-state index in [0.29, 0.717) is 5.88 Å². The summed E-state index contributed by atoms with van der Waals surface area (Å²) in [5.41, 5.74) is 3.14. The molecule has 110 valence electrons. The van der Waals surface area contributed by atoms with Crippen LogP contribution in [0.25, 0.3) is 11.3 Å². The molecule has 0 fully saturated rings. The number of ether oxygens (including phenoxy) is 1. The average Bonchev–Trinajstić information content (AvgIpc) is 2.61. The van der Waals surface area contributed by atoms with Crippen molar-refractivity contribution in [2.24, 2.45) is 0 Å². The van der Waals surface area contributed by atoms with Crippen molar-refractivity contribution in [2.45, 2.75) is 10.6 Å². The van der Waals surface area contributed by atoms with Crippen molar-refractivity contribution in [2.75, 3.05) is 7.11 Å². The Kier molecular flexibility index (Phi) is 4.76. The third-order valence-electron chi connectivity index (χ3n) is 3.34. The van der Waals surface area contributed by atoms with Gasteiger partial charge in [0.05, 0.1) is 12.8 Å². The fraction of sp³-hybridized carbons (Fsp3) is 0.105. The molecule has 3 rings (SSSR count). The van der Waals surface area contributed by atoms with Crippen LogP contribution in [0.1, 0.15) is 5.56 Å². The molecule has 0 aliphatic rings. The highest BCUT2D eigenvalue weighted by atomic mass is 32.2. The molecule has 22 heavy (non-hydrogen) atoms. The maximum atomic E-state index is 5.47. The highest BCUT2D eigenvalue weighted by Gasteiger charge is 2.08. The van der Waals surface area contributed by atoms with Gasteiger partial charge in [0, 0.05) is 21.8 Å². The van der Waals surface area contributed by atoms with Crippen LogP contribution in [0, 0.1) is 0 Å². The second-order valence-corrected chi connectivity index (χ2v) is 5.88. The Balaban J connectivity index is 1.80. The molecule has 0 aliphatic heterocycles. The molecule has 2 nitrogen and oxygen atoms in total. The molecular formula is C19H17NOS. The molecule has 0 saturated carbocycles. The summed E-state index contributed by atoms with van der Waals surface area (Å²) in [6.45, 7) is 0. The van der Waals surface area contributed by atoms with Gasteiger partial charge in [-0.25, -0.2) is 4.98 Å². The van der Waals surface area contributed by atoms with Gasteiger partial charge in [0.25, 0.3) is 0 Å². The standard InChI is InChI=1S/C19H17NOS/c1-21-19-16(14-22-17-10-6-3-7-11-17)12-13-18(20-19)15-8-4-2-5-9-15/h2-13H,14H2,1H3. The third-order valence-corrected chi connectivity index (χ3v) is 4.40. The topological polar surface area (TPSA) is 22.1 Å². The largest absolute Gasteiger partial charge is 0.481 e. The number of aromatic nitrogens is 1. The maximum Gasteiger partial charge on any atom is 0.217 e. The fourth-order valence-electron chi connectivity index (χ4n) is 2.20. The monoisotopic (exact) mass is 307 g/mol. The van der Waals surface area contributed by atoms with Crippen molar-refractivity contribution in [3.63, 3.8) is 0 Å². The summed E-state index contributed by atoms with van der Waals surface area (Å²) in [6, 6.07) is 24.7. The van der Waals surface area contributed by atoms with E-state index in [2.05, 4.69) is 53.5 Å². The summed E-state index contributed by atoms with van der Waals surface area (Å²) in [6.07, 6.45) is 0. The van der Waals surface area contributed by atoms with E-state index in [1.807, 2.05) is 24.3 Å². The predicted molar refractivity (Wildman–Crippen MR) is 92.2 cm³/mol. The van der Waals surface area contributed by atoms with Gasteiger partial charge in [0.1, 0.15) is 0 Å². The van der Waals surface area contributed by atoms with E-state index in [0.717, 1.165) is 22.6 Å². The number of thioether (sulfide) groups is 1. The Morgan fingerprint density at radius 3 is 2.23 bits per heavy atom. The minimum atomic E-state index is 0.699. The average molecular weight is 307 g/mol. The molecule has 1 heterocycles. The molecule has 1 aromatic heterocycles. The van der Waals surface area contributed by atoms with E-state index in [1.54, 1.807) is 18.9 Å². The molecule has 2 aromatic carbocycles. The number of nitrogens with zero attached hydrogens (tertiary/aromatic N) is 1. The van der Waals surface area contributed by atoms with E-state index in [4.69, 9.17) is 4.74 Å². The van der Waals surface area contributed by atoms with Crippen molar-refractivity contribution in [1.82, 2.24) is 4.98 Å². The summed E-state index contributed by atoms with van der Waals surface area (Å²) in [7, 11) is 1.67. The molecule has 3 heteroatoms. The van der Waals surface area contributed by atoms with Crippen LogP contribution in [-0.4, -0.2) is 12.1 Å². The fourth-order valence-corrected chi connectivity index (χ4v) is 3.09. The highest BCUT2D eigenvalue weighted by Crippen LogP contribution is 2.29. The lowest BCUT2D eigenvalue weighted by Crippen LogP contribution is -1.95. The maximum absolute atomic E-state index is 5.47. The molecule has 3 aromatic rings. The van der Waals surface area contributed by atoms with E-state index < -0.39 is 0 Å². The Morgan fingerprint density at radius 1 is 0.864 bits per heavy atom. The zero-order chi connectivity index (χ0) is 15.2. The number of hydrogen-bond acceptors (Lipinski definition) is 3. The lowest BCUT2D eigenvalue weighted by Gasteiger charge is -2.09. The Hall–Kier alpha value is -2.26. The summed E-state index contributed by atoms with van der Waals surface area (Å²) < 4.78 is 5.47. The molecule has 0 spiro atoms. The Labute approximate surface area is 135 Å². The van der Waals surface area contributed by atoms with Crippen LogP contribution < -0.4 is 4.74 Å². The molecule has 0 amide bonds. The Bertz CT molecular complexity index is 729. The van der Waals surface area contributed by atoms with Gasteiger partial charge in [-0.05, 0) is 18.2 Å². The quantitative estimate of drug-likeness (QED) is 0.616. The van der Waals surface area contributed by atoms with Crippen molar-refractivity contribution >= 4 is 11.8 Å². The normalized spacial score (nSPS) is 10.4. The van der Waals surface area contributed by atoms with E-state index in [9.17, 15) is 0 Å². The van der Waals surface area contributed by atoms with Crippen molar-refractivity contribution in [1.29, 1.82) is 0 Å². The third kappa shape index (κ3) is 3.49. The molecule has 0 aliphatic carbocycles. The van der Waals surface area contributed by atoms with Crippen LogP contribution in [0.3, 0.4) is 0 Å². The molecular weight excluding hydrogens is 290 g/mol. The number of benzene rings is 2. The van der Waals surface area contributed by atoms with Crippen molar-refractivity contribution in [3.05, 3.63) is 78.4 Å². The van der Waals surface area contributed by atoms with Crippen LogP contribution in [-0.2, 0) is 5.75 Å². The second kappa shape index (κ2) is 7.14. The van der Waals surface area contributed by atoms with Crippen molar-refractivity contribution in [3.8, 4) is 17.1 Å². The van der Waals surface area contributed by atoms with Crippen LogP contribution in [0.5, 0.6) is 5.88 Å². The summed E-state index contributed by atoms with van der Waals surface area (Å²) >= 11 is 1.78. The number of rotatable bonds is 5. The molecule has 0 atom stereocenters. The predicted octanol–water partition coefficient (Wildman–Crippen LogP) is 5.05. The first-order valence-electron chi connectivity index (χ1n) is 7.14. The highest BCUT2D eigenvalue weighted by molar-refractivity contribution is 7.98. The Morgan fingerprint density at radius 2 is 1.55 bits per heavy atom. The summed E-state index contributed by atoms with van der Waals surface area (Å²) in [5, 5.41) is 0. The van der Waals surface area contributed by atoms with Gasteiger partial charge >= 0.3 is 0 Å². The molecule has 0 unspecified atom stereocenters. The van der Waals surface area contributed by atoms with Gasteiger partial charge in [-0.3, -0.25) is 0 Å². The van der Waals surface area contributed by atoms with Crippen LogP contribution in [0.2, 0.25) is 0 Å². The lowest BCUT2D eigenvalue weighted by atomic mass is 10.1. The first-order valence-corrected chi connectivity index (χ1v) is 8.12. The van der Waals surface area contributed by atoms with Gasteiger partial charge in [-0.2, -0.15) is 0 Å². The minimum absolute atomic E-state index is 0.699. The first-order chi connectivity index (χ1) is 10.9. The van der Waals surface area contributed by atoms with Gasteiger partial charge in [-0.15, -0.1) is 11.8 Å². The SMILES string of the molecule is COc1nc(-c2ccccc2)ccc1CSc1ccccc1. The van der Waals surface area contributed by atoms with Gasteiger partial charge < -0.3 is 4.74 Å². The molecule has 0 saturated heterocycles. The van der Waals surface area contributed by atoms with Crippen LogP contribution >= 0.6 is 11.8 Å². The van der Waals surface area contributed by atoms with Crippen molar-refractivity contribution < 1.29 is 4.74 Å². The molecule has 0 radical (unpaired) electrons. The number of methoxy groups -OCH3 is 1. The first kappa shape index (κ1) is 14.7. The smallest absolute Gasteiger partial charge is 0.217 e. The number of pyridine rings is 1. The molecule has 0 N–H and O–H groups in total. The summed E-state index contributed by atoms with van der Waals surface area (Å²) in [5.74, 6) is 1.54. The second-order valence-electron chi connectivity index (χ2n) is 4.83. The zero-order valence-corrected chi connectivity index (χ0v) is 13.2. The molecule has 0 bridgehead atoms. The van der Waals surface area contributed by atoms with Gasteiger partial charge in [0.15, 0.2) is 0 Å². The van der Waals surface area contributed by atoms with Gasteiger partial charge in [0.2, 0.25) is 5.88 Å². The van der Waals surface area contributed by atoms with E-state index >= 15 is 0 Å². The van der Waals surface area contributed by atoms with Gasteiger partial charge in [-0.1, -0.05) is 54.6 Å². The van der Waals surface area contributed by atoms with Crippen LogP contribution in [0.4, 0.5) is 0 Å². The minimum Gasteiger partial charge on any atom is -0.481 e. The number of hydrogen-bond donors (Lipinski definition) is 0. The summed E-state index contributed by atoms with van der Waals surface area (Å²) in [4.78, 5) is 5.89. The zero-order valence-electron chi connectivity index (χ0n) is 12.4. The van der Waals surface area contributed by atoms with Crippen LogP contribution in [0.15, 0.2) is 77.7 Å². The van der Waals surface area contributed by atoms with E-state index in [1.165, 1.54) is 4.90 Å². The lowest BCUT2D eigenvalue weighted by molar-refractivity contribution is 0.395. The van der Waals surface area contributed by atoms with E-state index in [-0.39, 0.29) is 0 Å².